The quantitative estimate of drug-likeness (QED) is 0.203. The van der Waals surface area contributed by atoms with Gasteiger partial charge in [-0.3, -0.25) is 18.6 Å². The Morgan fingerprint density at radius 2 is 1.69 bits per heavy atom. The van der Waals surface area contributed by atoms with Gasteiger partial charge in [0.15, 0.2) is 0 Å². The molecule has 0 aromatic heterocycles. The standard InChI is InChI=1S/C22H34O9S/c1-12(2)11-22(4,5)21(25)29-9-8-28-16(23)6-7-17(24)30-19-14-10-15-18(13(14)3)20(19)31-32(15,26)27/h12-15,18-20H,6-11H2,1-5H3/t13-,14?,15?,18?,19-,20?/m0/s1. The van der Waals surface area contributed by atoms with Crippen molar-refractivity contribution >= 4 is 28.0 Å². The van der Waals surface area contributed by atoms with E-state index in [1.807, 2.05) is 34.6 Å². The molecule has 3 rings (SSSR count). The Morgan fingerprint density at radius 1 is 1.06 bits per heavy atom. The molecule has 0 aromatic carbocycles. The highest BCUT2D eigenvalue weighted by atomic mass is 32.2. The summed E-state index contributed by atoms with van der Waals surface area (Å²) in [6, 6.07) is 0. The maximum Gasteiger partial charge on any atom is 0.311 e. The molecule has 1 saturated heterocycles. The van der Waals surface area contributed by atoms with Crippen LogP contribution in [0, 0.1) is 29.1 Å². The van der Waals surface area contributed by atoms with Gasteiger partial charge in [-0.05, 0) is 38.5 Å². The van der Waals surface area contributed by atoms with Gasteiger partial charge in [0.2, 0.25) is 0 Å². The predicted molar refractivity (Wildman–Crippen MR) is 113 cm³/mol. The average molecular weight is 475 g/mol. The fourth-order valence-corrected chi connectivity index (χ4v) is 7.49. The van der Waals surface area contributed by atoms with Gasteiger partial charge in [-0.2, -0.15) is 8.42 Å². The number of carbonyl (C=O) groups excluding carboxylic acids is 3. The van der Waals surface area contributed by atoms with Crippen molar-refractivity contribution in [1.29, 1.82) is 0 Å². The van der Waals surface area contributed by atoms with Crippen molar-refractivity contribution in [1.82, 2.24) is 0 Å². The van der Waals surface area contributed by atoms with Crippen LogP contribution in [0.25, 0.3) is 0 Å². The Labute approximate surface area is 189 Å². The molecule has 2 saturated carbocycles. The summed E-state index contributed by atoms with van der Waals surface area (Å²) in [4.78, 5) is 36.3. The van der Waals surface area contributed by atoms with E-state index in [0.717, 1.165) is 0 Å². The number of fused-ring (bicyclic) bond motifs is 1. The Morgan fingerprint density at radius 3 is 2.34 bits per heavy atom. The van der Waals surface area contributed by atoms with Gasteiger partial charge in [0.1, 0.15) is 25.4 Å². The van der Waals surface area contributed by atoms with Crippen LogP contribution in [0.3, 0.4) is 0 Å². The van der Waals surface area contributed by atoms with Crippen molar-refractivity contribution in [2.75, 3.05) is 13.2 Å². The van der Waals surface area contributed by atoms with Crippen LogP contribution in [0.1, 0.15) is 60.3 Å². The lowest BCUT2D eigenvalue weighted by molar-refractivity contribution is -0.161. The Bertz CT molecular complexity index is 847. The van der Waals surface area contributed by atoms with E-state index in [9.17, 15) is 22.8 Å². The van der Waals surface area contributed by atoms with Gasteiger partial charge < -0.3 is 14.2 Å². The SMILES string of the molecule is CC(C)CC(C)(C)C(=O)OCCOC(=O)CCC(=O)O[C@@H]1C2OS(=O)(=O)C3CC1[C@H](C)C23. The van der Waals surface area contributed by atoms with Gasteiger partial charge in [0.25, 0.3) is 10.1 Å². The lowest BCUT2D eigenvalue weighted by atomic mass is 9.84. The second-order valence-corrected chi connectivity index (χ2v) is 12.0. The monoisotopic (exact) mass is 474 g/mol. The van der Waals surface area contributed by atoms with Gasteiger partial charge in [-0.15, -0.1) is 0 Å². The maximum atomic E-state index is 12.2. The molecule has 32 heavy (non-hydrogen) atoms. The maximum absolute atomic E-state index is 12.2. The summed E-state index contributed by atoms with van der Waals surface area (Å²) in [6.07, 6.45) is -0.435. The van der Waals surface area contributed by atoms with Crippen LogP contribution in [-0.2, 0) is 42.9 Å². The zero-order chi connectivity index (χ0) is 23.8. The van der Waals surface area contributed by atoms with Crippen molar-refractivity contribution < 1.29 is 41.2 Å². The van der Waals surface area contributed by atoms with Crippen molar-refractivity contribution in [2.45, 2.75) is 77.8 Å². The number of rotatable bonds is 10. The first kappa shape index (κ1) is 25.0. The number of ether oxygens (including phenoxy) is 3. The minimum atomic E-state index is -3.59. The van der Waals surface area contributed by atoms with Crippen LogP contribution in [0.5, 0.6) is 0 Å². The second-order valence-electron chi connectivity index (χ2n) is 10.2. The highest BCUT2D eigenvalue weighted by molar-refractivity contribution is 7.87. The summed E-state index contributed by atoms with van der Waals surface area (Å²) in [5, 5.41) is -0.498. The summed E-state index contributed by atoms with van der Waals surface area (Å²) in [5.41, 5.74) is -0.610. The molecular weight excluding hydrogens is 440 g/mol. The van der Waals surface area contributed by atoms with Crippen LogP contribution < -0.4 is 0 Å². The highest BCUT2D eigenvalue weighted by Crippen LogP contribution is 2.58. The minimum absolute atomic E-state index is 0.0437. The third kappa shape index (κ3) is 5.11. The van der Waals surface area contributed by atoms with Gasteiger partial charge in [-0.1, -0.05) is 20.8 Å². The summed E-state index contributed by atoms with van der Waals surface area (Å²) in [6.45, 7) is 9.52. The lowest BCUT2D eigenvalue weighted by Gasteiger charge is -2.25. The van der Waals surface area contributed by atoms with Crippen LogP contribution in [0.4, 0.5) is 0 Å². The number of hydrogen-bond donors (Lipinski definition) is 0. The Hall–Kier alpha value is -1.68. The van der Waals surface area contributed by atoms with Crippen LogP contribution >= 0.6 is 0 Å². The molecule has 10 heteroatoms. The van der Waals surface area contributed by atoms with E-state index in [1.165, 1.54) is 0 Å². The normalized spacial score (nSPS) is 32.2. The summed E-state index contributed by atoms with van der Waals surface area (Å²) < 4.78 is 45.1. The molecule has 2 bridgehead atoms. The molecule has 0 radical (unpaired) electrons. The predicted octanol–water partition coefficient (Wildman–Crippen LogP) is 2.22. The van der Waals surface area contributed by atoms with E-state index >= 15 is 0 Å². The molecule has 4 unspecified atom stereocenters. The third-order valence-electron chi connectivity index (χ3n) is 6.81. The van der Waals surface area contributed by atoms with E-state index < -0.39 is 44.9 Å². The third-order valence-corrected chi connectivity index (χ3v) is 8.55. The van der Waals surface area contributed by atoms with Gasteiger partial charge in [0.05, 0.1) is 23.5 Å². The molecule has 3 fully saturated rings. The first-order valence-electron chi connectivity index (χ1n) is 11.3. The molecule has 0 N–H and O–H groups in total. The van der Waals surface area contributed by atoms with Gasteiger partial charge in [-0.25, -0.2) is 0 Å². The molecule has 1 heterocycles. The largest absolute Gasteiger partial charge is 0.462 e. The highest BCUT2D eigenvalue weighted by Gasteiger charge is 2.68. The van der Waals surface area contributed by atoms with E-state index in [0.29, 0.717) is 18.8 Å². The number of hydrogen-bond acceptors (Lipinski definition) is 9. The van der Waals surface area contributed by atoms with Crippen LogP contribution in [-0.4, -0.2) is 57.0 Å². The fraction of sp³-hybridized carbons (Fsp3) is 0.864. The number of carbonyl (C=O) groups is 3. The smallest absolute Gasteiger partial charge is 0.311 e. The second kappa shape index (κ2) is 9.29. The van der Waals surface area contributed by atoms with E-state index in [-0.39, 0.29) is 49.8 Å². The lowest BCUT2D eigenvalue weighted by Crippen LogP contribution is -2.37. The molecule has 3 aliphatic rings. The Balaban J connectivity index is 1.35. The van der Waals surface area contributed by atoms with Gasteiger partial charge in [0, 0.05) is 11.8 Å². The van der Waals surface area contributed by atoms with Crippen molar-refractivity contribution in [3.8, 4) is 0 Å². The zero-order valence-electron chi connectivity index (χ0n) is 19.4. The molecule has 2 aliphatic carbocycles. The zero-order valence-corrected chi connectivity index (χ0v) is 20.2. The Kier molecular flexibility index (Phi) is 7.24. The first-order valence-corrected chi connectivity index (χ1v) is 12.7. The van der Waals surface area contributed by atoms with Crippen molar-refractivity contribution in [3.05, 3.63) is 0 Å². The topological polar surface area (TPSA) is 122 Å². The fourth-order valence-electron chi connectivity index (χ4n) is 5.56. The average Bonchev–Trinajstić information content (AvgIpc) is 3.20. The molecule has 0 spiro atoms. The summed E-state index contributed by atoms with van der Waals surface area (Å²) >= 11 is 0. The minimum Gasteiger partial charge on any atom is -0.462 e. The van der Waals surface area contributed by atoms with E-state index in [4.69, 9.17) is 18.4 Å². The number of esters is 3. The summed E-state index contributed by atoms with van der Waals surface area (Å²) in [7, 11) is -3.59. The first-order chi connectivity index (χ1) is 14.8. The van der Waals surface area contributed by atoms with Crippen molar-refractivity contribution in [3.63, 3.8) is 0 Å². The van der Waals surface area contributed by atoms with Crippen LogP contribution in [0.15, 0.2) is 0 Å². The molecule has 182 valence electrons. The molecule has 0 aromatic rings. The van der Waals surface area contributed by atoms with E-state index in [2.05, 4.69) is 0 Å². The summed E-state index contributed by atoms with van der Waals surface area (Å²) in [5.74, 6) is -1.25. The molecule has 6 atom stereocenters. The van der Waals surface area contributed by atoms with Gasteiger partial charge >= 0.3 is 17.9 Å². The van der Waals surface area contributed by atoms with E-state index in [1.54, 1.807) is 0 Å². The molecule has 1 aliphatic heterocycles. The molecular formula is C22H34O9S. The van der Waals surface area contributed by atoms with Crippen molar-refractivity contribution in [2.24, 2.45) is 29.1 Å². The molecule has 9 nitrogen and oxygen atoms in total. The van der Waals surface area contributed by atoms with Crippen LogP contribution in [0.2, 0.25) is 0 Å². The molecule has 0 amide bonds.